The highest BCUT2D eigenvalue weighted by Crippen LogP contribution is 2.39. The average Bonchev–Trinajstić information content (AvgIpc) is 3.13. The molecule has 1 aliphatic carbocycles. The second-order valence-electron chi connectivity index (χ2n) is 5.94. The Labute approximate surface area is 114 Å². The summed E-state index contributed by atoms with van der Waals surface area (Å²) in [6.07, 6.45) is 5.55. The smallest absolute Gasteiger partial charge is 0.310 e. The van der Waals surface area contributed by atoms with Crippen LogP contribution in [0.5, 0.6) is 0 Å². The molecule has 2 aliphatic heterocycles. The molecule has 3 fully saturated rings. The van der Waals surface area contributed by atoms with E-state index in [0.717, 1.165) is 38.9 Å². The lowest BCUT2D eigenvalue weighted by Gasteiger charge is -2.24. The topological polar surface area (TPSA) is 48.0 Å². The van der Waals surface area contributed by atoms with Gasteiger partial charge >= 0.3 is 5.97 Å². The minimum Gasteiger partial charge on any atom is -0.469 e. The SMILES string of the molecule is COC(=O)C1CCN(CC2COC3(CCCC3)O2)C1. The van der Waals surface area contributed by atoms with Crippen LogP contribution in [0.15, 0.2) is 0 Å². The van der Waals surface area contributed by atoms with Crippen molar-refractivity contribution in [2.24, 2.45) is 5.92 Å². The van der Waals surface area contributed by atoms with Crippen molar-refractivity contribution in [3.8, 4) is 0 Å². The standard InChI is InChI=1S/C14H23NO4/c1-17-13(16)11-4-7-15(8-11)9-12-10-18-14(19-12)5-2-3-6-14/h11-12H,2-10H2,1H3. The van der Waals surface area contributed by atoms with Gasteiger partial charge in [-0.3, -0.25) is 9.69 Å². The average molecular weight is 269 g/mol. The number of ether oxygens (including phenoxy) is 3. The van der Waals surface area contributed by atoms with E-state index in [-0.39, 0.29) is 23.8 Å². The summed E-state index contributed by atoms with van der Waals surface area (Å²) in [5.74, 6) is -0.322. The first-order valence-electron chi connectivity index (χ1n) is 7.33. The first-order valence-corrected chi connectivity index (χ1v) is 7.33. The summed E-state index contributed by atoms with van der Waals surface area (Å²) in [5.41, 5.74) is 0. The van der Waals surface area contributed by atoms with Gasteiger partial charge in [-0.1, -0.05) is 0 Å². The van der Waals surface area contributed by atoms with Crippen LogP contribution in [0.3, 0.4) is 0 Å². The molecule has 0 amide bonds. The zero-order valence-electron chi connectivity index (χ0n) is 11.6. The van der Waals surface area contributed by atoms with Gasteiger partial charge in [0.1, 0.15) is 0 Å². The second kappa shape index (κ2) is 5.38. The van der Waals surface area contributed by atoms with E-state index in [2.05, 4.69) is 4.90 Å². The van der Waals surface area contributed by atoms with Crippen molar-refractivity contribution in [3.05, 3.63) is 0 Å². The fourth-order valence-electron chi connectivity index (χ4n) is 3.53. The van der Waals surface area contributed by atoms with Crippen LogP contribution in [-0.4, -0.2) is 56.1 Å². The van der Waals surface area contributed by atoms with Gasteiger partial charge in [0.15, 0.2) is 5.79 Å². The van der Waals surface area contributed by atoms with E-state index in [4.69, 9.17) is 14.2 Å². The molecular weight excluding hydrogens is 246 g/mol. The van der Waals surface area contributed by atoms with Crippen LogP contribution in [0, 0.1) is 5.92 Å². The molecule has 1 saturated carbocycles. The molecule has 19 heavy (non-hydrogen) atoms. The van der Waals surface area contributed by atoms with Gasteiger partial charge in [0.2, 0.25) is 0 Å². The predicted molar refractivity (Wildman–Crippen MR) is 68.6 cm³/mol. The van der Waals surface area contributed by atoms with Crippen LogP contribution in [0.1, 0.15) is 32.1 Å². The van der Waals surface area contributed by atoms with Gasteiger partial charge in [-0.2, -0.15) is 0 Å². The number of likely N-dealkylation sites (tertiary alicyclic amines) is 1. The Hall–Kier alpha value is -0.650. The van der Waals surface area contributed by atoms with Crippen LogP contribution < -0.4 is 0 Å². The lowest BCUT2D eigenvalue weighted by atomic mass is 10.1. The molecule has 108 valence electrons. The third-order valence-electron chi connectivity index (χ3n) is 4.55. The fraction of sp³-hybridized carbons (Fsp3) is 0.929. The van der Waals surface area contributed by atoms with E-state index in [9.17, 15) is 4.79 Å². The quantitative estimate of drug-likeness (QED) is 0.720. The number of carbonyl (C=O) groups is 1. The number of hydrogen-bond donors (Lipinski definition) is 0. The Morgan fingerprint density at radius 2 is 2.21 bits per heavy atom. The van der Waals surface area contributed by atoms with E-state index in [1.165, 1.54) is 20.0 Å². The normalized spacial score (nSPS) is 34.2. The summed E-state index contributed by atoms with van der Waals surface area (Å²) < 4.78 is 16.8. The number of rotatable bonds is 3. The van der Waals surface area contributed by atoms with Gasteiger partial charge in [-0.15, -0.1) is 0 Å². The molecule has 0 radical (unpaired) electrons. The maximum Gasteiger partial charge on any atom is 0.310 e. The third kappa shape index (κ3) is 2.78. The van der Waals surface area contributed by atoms with Crippen molar-refractivity contribution in [2.45, 2.75) is 44.0 Å². The number of methoxy groups -OCH3 is 1. The van der Waals surface area contributed by atoms with Gasteiger partial charge in [-0.25, -0.2) is 0 Å². The van der Waals surface area contributed by atoms with Crippen molar-refractivity contribution in [1.82, 2.24) is 4.90 Å². The number of nitrogens with zero attached hydrogens (tertiary/aromatic N) is 1. The molecule has 1 spiro atoms. The third-order valence-corrected chi connectivity index (χ3v) is 4.55. The van der Waals surface area contributed by atoms with Crippen molar-refractivity contribution in [1.29, 1.82) is 0 Å². The van der Waals surface area contributed by atoms with Gasteiger partial charge in [0.05, 0.1) is 25.7 Å². The summed E-state index contributed by atoms with van der Waals surface area (Å²) >= 11 is 0. The molecule has 3 aliphatic rings. The summed E-state index contributed by atoms with van der Waals surface area (Å²) in [4.78, 5) is 13.8. The van der Waals surface area contributed by atoms with Crippen molar-refractivity contribution in [3.63, 3.8) is 0 Å². The minimum atomic E-state index is -0.272. The minimum absolute atomic E-state index is 0.0350. The lowest BCUT2D eigenvalue weighted by Crippen LogP contribution is -2.34. The summed E-state index contributed by atoms with van der Waals surface area (Å²) in [5, 5.41) is 0. The zero-order chi connectivity index (χ0) is 13.3. The van der Waals surface area contributed by atoms with Gasteiger partial charge in [-0.05, 0) is 25.8 Å². The molecular formula is C14H23NO4. The maximum absolute atomic E-state index is 11.5. The van der Waals surface area contributed by atoms with Crippen LogP contribution >= 0.6 is 0 Å². The molecule has 0 aromatic carbocycles. The number of carbonyl (C=O) groups excluding carboxylic acids is 1. The van der Waals surface area contributed by atoms with Crippen molar-refractivity contribution < 1.29 is 19.0 Å². The van der Waals surface area contributed by atoms with E-state index in [1.807, 2.05) is 0 Å². The molecule has 2 heterocycles. The monoisotopic (exact) mass is 269 g/mol. The Morgan fingerprint density at radius 3 is 2.95 bits per heavy atom. The van der Waals surface area contributed by atoms with Gasteiger partial charge in [0.25, 0.3) is 0 Å². The highest BCUT2D eigenvalue weighted by molar-refractivity contribution is 5.72. The zero-order valence-corrected chi connectivity index (χ0v) is 11.6. The summed E-state index contributed by atoms with van der Waals surface area (Å²) in [7, 11) is 1.46. The molecule has 0 aromatic heterocycles. The van der Waals surface area contributed by atoms with Crippen LogP contribution in [0.25, 0.3) is 0 Å². The summed E-state index contributed by atoms with van der Waals surface area (Å²) in [6, 6.07) is 0. The molecule has 5 nitrogen and oxygen atoms in total. The molecule has 0 aromatic rings. The maximum atomic E-state index is 11.5. The Bertz CT molecular complexity index is 340. The Balaban J connectivity index is 1.47. The first-order chi connectivity index (χ1) is 9.21. The molecule has 5 heteroatoms. The molecule has 2 atom stereocenters. The number of esters is 1. The van der Waals surface area contributed by atoms with E-state index >= 15 is 0 Å². The van der Waals surface area contributed by atoms with Crippen LogP contribution in [0.2, 0.25) is 0 Å². The predicted octanol–water partition coefficient (Wildman–Crippen LogP) is 1.17. The second-order valence-corrected chi connectivity index (χ2v) is 5.94. The molecule has 3 rings (SSSR count). The largest absolute Gasteiger partial charge is 0.469 e. The van der Waals surface area contributed by atoms with E-state index in [0.29, 0.717) is 6.61 Å². The molecule has 0 N–H and O–H groups in total. The molecule has 2 saturated heterocycles. The van der Waals surface area contributed by atoms with E-state index in [1.54, 1.807) is 0 Å². The van der Waals surface area contributed by atoms with Crippen molar-refractivity contribution >= 4 is 5.97 Å². The van der Waals surface area contributed by atoms with Crippen LogP contribution in [0.4, 0.5) is 0 Å². The summed E-state index contributed by atoms with van der Waals surface area (Å²) in [6.45, 7) is 3.31. The van der Waals surface area contributed by atoms with Gasteiger partial charge < -0.3 is 14.2 Å². The van der Waals surface area contributed by atoms with Crippen LogP contribution in [-0.2, 0) is 19.0 Å². The highest BCUT2D eigenvalue weighted by atomic mass is 16.7. The number of hydrogen-bond acceptors (Lipinski definition) is 5. The van der Waals surface area contributed by atoms with E-state index < -0.39 is 0 Å². The first kappa shape index (κ1) is 13.3. The highest BCUT2D eigenvalue weighted by Gasteiger charge is 2.44. The Morgan fingerprint density at radius 1 is 1.42 bits per heavy atom. The van der Waals surface area contributed by atoms with Gasteiger partial charge in [0, 0.05) is 25.9 Å². The lowest BCUT2D eigenvalue weighted by molar-refractivity contribution is -0.163. The fourth-order valence-corrected chi connectivity index (χ4v) is 3.53. The Kier molecular flexibility index (Phi) is 3.78. The van der Waals surface area contributed by atoms with Crippen molar-refractivity contribution in [2.75, 3.05) is 33.4 Å². The molecule has 2 unspecified atom stereocenters. The molecule has 0 bridgehead atoms.